The van der Waals surface area contributed by atoms with Gasteiger partial charge in [0.1, 0.15) is 0 Å². The molecule has 1 N–H and O–H groups in total. The molecule has 1 aromatic heterocycles. The Kier molecular flexibility index (Phi) is 8.91. The van der Waals surface area contributed by atoms with Gasteiger partial charge >= 0.3 is 0 Å². The lowest BCUT2D eigenvalue weighted by Crippen LogP contribution is -2.28. The molecule has 0 bridgehead atoms. The molecule has 9 heteroatoms. The Bertz CT molecular complexity index is 1400. The van der Waals surface area contributed by atoms with E-state index < -0.39 is 11.0 Å². The number of nitrogens with zero attached hydrogens (tertiary/aromatic N) is 4. The molecule has 8 nitrogen and oxygen atoms in total. The number of rotatable bonds is 11. The van der Waals surface area contributed by atoms with Gasteiger partial charge in [0.05, 0.1) is 11.0 Å². The van der Waals surface area contributed by atoms with Crippen molar-refractivity contribution < 1.29 is 9.72 Å². The molecule has 1 amide bonds. The summed E-state index contributed by atoms with van der Waals surface area (Å²) in [5.41, 5.74) is 4.84. The Hall–Kier alpha value is -3.98. The van der Waals surface area contributed by atoms with Crippen LogP contribution in [-0.2, 0) is 12.2 Å². The molecule has 1 atom stereocenters. The summed E-state index contributed by atoms with van der Waals surface area (Å²) in [6.07, 6.45) is 3.24. The highest BCUT2D eigenvalue weighted by Gasteiger charge is 2.22. The first-order valence-electron chi connectivity index (χ1n) is 12.6. The molecule has 0 aliphatic rings. The lowest BCUT2D eigenvalue weighted by atomic mass is 10.1. The fraction of sp³-hybridized carbons (Fsp3) is 0.276. The molecule has 0 saturated heterocycles. The smallest absolute Gasteiger partial charge is 0.269 e. The molecular formula is C29H31N5O3S. The topological polar surface area (TPSA) is 103 Å². The monoisotopic (exact) mass is 529 g/mol. The van der Waals surface area contributed by atoms with Gasteiger partial charge < -0.3 is 5.32 Å². The Morgan fingerprint density at radius 1 is 1.05 bits per heavy atom. The van der Waals surface area contributed by atoms with Crippen LogP contribution in [-0.4, -0.2) is 25.6 Å². The number of hydrogen-bond donors (Lipinski definition) is 1. The van der Waals surface area contributed by atoms with Crippen LogP contribution in [0.2, 0.25) is 0 Å². The first-order chi connectivity index (χ1) is 18.4. The SMILES string of the molecule is CCCCc1ccc(C(=O)NC(C)c2nnc(SCc3ccccc3C)n2-c2ccc([N+](=O)[O-])cc2)cc1. The van der Waals surface area contributed by atoms with Crippen molar-refractivity contribution in [3.63, 3.8) is 0 Å². The summed E-state index contributed by atoms with van der Waals surface area (Å²) in [6, 6.07) is 21.6. The second-order valence-electron chi connectivity index (χ2n) is 9.16. The van der Waals surface area contributed by atoms with E-state index in [1.807, 2.05) is 47.9 Å². The molecule has 0 aliphatic heterocycles. The zero-order valence-electron chi connectivity index (χ0n) is 21.8. The average Bonchev–Trinajstić information content (AvgIpc) is 3.36. The Labute approximate surface area is 226 Å². The second kappa shape index (κ2) is 12.5. The van der Waals surface area contributed by atoms with Crippen LogP contribution in [0.3, 0.4) is 0 Å². The van der Waals surface area contributed by atoms with Gasteiger partial charge in [0.15, 0.2) is 11.0 Å². The van der Waals surface area contributed by atoms with Crippen LogP contribution in [0, 0.1) is 17.0 Å². The minimum Gasteiger partial charge on any atom is -0.342 e. The zero-order chi connectivity index (χ0) is 27.1. The number of amides is 1. The van der Waals surface area contributed by atoms with Gasteiger partial charge in [-0.1, -0.05) is 61.5 Å². The summed E-state index contributed by atoms with van der Waals surface area (Å²) >= 11 is 1.52. The van der Waals surface area contributed by atoms with E-state index in [1.165, 1.54) is 40.6 Å². The number of aryl methyl sites for hydroxylation is 2. The maximum atomic E-state index is 13.0. The molecule has 196 valence electrons. The van der Waals surface area contributed by atoms with Crippen LogP contribution < -0.4 is 5.32 Å². The van der Waals surface area contributed by atoms with Crippen LogP contribution in [0.5, 0.6) is 0 Å². The molecule has 3 aromatic carbocycles. The van der Waals surface area contributed by atoms with E-state index in [9.17, 15) is 14.9 Å². The molecular weight excluding hydrogens is 498 g/mol. The molecule has 4 rings (SSSR count). The summed E-state index contributed by atoms with van der Waals surface area (Å²) in [4.78, 5) is 23.8. The van der Waals surface area contributed by atoms with Crippen molar-refractivity contribution in [1.29, 1.82) is 0 Å². The molecule has 0 saturated carbocycles. The van der Waals surface area contributed by atoms with Gasteiger partial charge in [-0.15, -0.1) is 10.2 Å². The Morgan fingerprint density at radius 3 is 2.42 bits per heavy atom. The quantitative estimate of drug-likeness (QED) is 0.133. The predicted octanol–water partition coefficient (Wildman–Crippen LogP) is 6.61. The van der Waals surface area contributed by atoms with Gasteiger partial charge in [-0.2, -0.15) is 0 Å². The minimum absolute atomic E-state index is 0.00113. The normalized spacial score (nSPS) is 11.8. The van der Waals surface area contributed by atoms with Crippen LogP contribution in [0.1, 0.15) is 65.6 Å². The fourth-order valence-corrected chi connectivity index (χ4v) is 5.12. The van der Waals surface area contributed by atoms with Crippen LogP contribution in [0.15, 0.2) is 78.0 Å². The number of nitro groups is 1. The maximum Gasteiger partial charge on any atom is 0.269 e. The van der Waals surface area contributed by atoms with Crippen molar-refractivity contribution in [1.82, 2.24) is 20.1 Å². The van der Waals surface area contributed by atoms with Crippen LogP contribution in [0.4, 0.5) is 5.69 Å². The molecule has 38 heavy (non-hydrogen) atoms. The molecule has 1 heterocycles. The number of carbonyl (C=O) groups excluding carboxylic acids is 1. The number of hydrogen-bond acceptors (Lipinski definition) is 6. The lowest BCUT2D eigenvalue weighted by Gasteiger charge is -2.16. The highest BCUT2D eigenvalue weighted by Crippen LogP contribution is 2.29. The van der Waals surface area contributed by atoms with Crippen molar-refractivity contribution >= 4 is 23.4 Å². The number of unbranched alkanes of at least 4 members (excludes halogenated alkanes) is 1. The molecule has 4 aromatic rings. The van der Waals surface area contributed by atoms with Crippen molar-refractivity contribution in [2.75, 3.05) is 0 Å². The van der Waals surface area contributed by atoms with Gasteiger partial charge in [0.2, 0.25) is 0 Å². The standard InChI is InChI=1S/C29H31N5O3S/c1-4-5-9-22-11-13-23(14-12-22)28(35)30-21(3)27-31-32-29(38-19-24-10-7-6-8-20(24)2)33(27)25-15-17-26(18-16-25)34(36)37/h6-8,10-18,21H,4-5,9,19H2,1-3H3,(H,30,35). The van der Waals surface area contributed by atoms with E-state index in [0.717, 1.165) is 19.3 Å². The van der Waals surface area contributed by atoms with E-state index in [0.29, 0.717) is 28.0 Å². The Morgan fingerprint density at radius 2 is 1.76 bits per heavy atom. The largest absolute Gasteiger partial charge is 0.342 e. The average molecular weight is 530 g/mol. The van der Waals surface area contributed by atoms with Gasteiger partial charge in [0, 0.05) is 29.1 Å². The van der Waals surface area contributed by atoms with Crippen molar-refractivity contribution in [3.8, 4) is 5.69 Å². The summed E-state index contributed by atoms with van der Waals surface area (Å²) in [7, 11) is 0. The number of carbonyl (C=O) groups is 1. The Balaban J connectivity index is 1.59. The van der Waals surface area contributed by atoms with Crippen LogP contribution >= 0.6 is 11.8 Å². The number of nitro benzene ring substituents is 1. The lowest BCUT2D eigenvalue weighted by molar-refractivity contribution is -0.384. The summed E-state index contributed by atoms with van der Waals surface area (Å²) in [6.45, 7) is 6.08. The van der Waals surface area contributed by atoms with E-state index in [4.69, 9.17) is 0 Å². The zero-order valence-corrected chi connectivity index (χ0v) is 22.6. The molecule has 0 radical (unpaired) electrons. The first kappa shape index (κ1) is 27.1. The van der Waals surface area contributed by atoms with Gasteiger partial charge in [-0.05, 0) is 67.6 Å². The minimum atomic E-state index is -0.460. The third-order valence-corrected chi connectivity index (χ3v) is 7.34. The number of benzene rings is 3. The summed E-state index contributed by atoms with van der Waals surface area (Å²) < 4.78 is 1.85. The van der Waals surface area contributed by atoms with Gasteiger partial charge in [-0.3, -0.25) is 19.5 Å². The van der Waals surface area contributed by atoms with E-state index in [-0.39, 0.29) is 11.6 Å². The third kappa shape index (κ3) is 6.47. The summed E-state index contributed by atoms with van der Waals surface area (Å²) in [5, 5.41) is 23.7. The van der Waals surface area contributed by atoms with E-state index in [1.54, 1.807) is 12.1 Å². The fourth-order valence-electron chi connectivity index (χ4n) is 4.08. The number of non-ortho nitro benzene ring substituents is 1. The predicted molar refractivity (Wildman–Crippen MR) is 150 cm³/mol. The molecule has 0 spiro atoms. The molecule has 0 aliphatic carbocycles. The first-order valence-corrected chi connectivity index (χ1v) is 13.6. The van der Waals surface area contributed by atoms with E-state index in [2.05, 4.69) is 41.5 Å². The van der Waals surface area contributed by atoms with Gasteiger partial charge in [-0.25, -0.2) is 0 Å². The summed E-state index contributed by atoms with van der Waals surface area (Å²) in [5.74, 6) is 1.02. The maximum absolute atomic E-state index is 13.0. The number of nitrogens with one attached hydrogen (secondary N) is 1. The van der Waals surface area contributed by atoms with Crippen molar-refractivity contribution in [2.45, 2.75) is 57.0 Å². The number of thioether (sulfide) groups is 1. The molecule has 1 unspecified atom stereocenters. The number of aromatic nitrogens is 3. The van der Waals surface area contributed by atoms with Crippen molar-refractivity contribution in [2.24, 2.45) is 0 Å². The van der Waals surface area contributed by atoms with Crippen LogP contribution in [0.25, 0.3) is 5.69 Å². The van der Waals surface area contributed by atoms with Gasteiger partial charge in [0.25, 0.3) is 11.6 Å². The van der Waals surface area contributed by atoms with E-state index >= 15 is 0 Å². The molecule has 0 fully saturated rings. The highest BCUT2D eigenvalue weighted by atomic mass is 32.2. The highest BCUT2D eigenvalue weighted by molar-refractivity contribution is 7.98. The third-order valence-electron chi connectivity index (χ3n) is 6.37. The second-order valence-corrected chi connectivity index (χ2v) is 10.1. The van der Waals surface area contributed by atoms with Crippen molar-refractivity contribution in [3.05, 3.63) is 111 Å².